The van der Waals surface area contributed by atoms with Crippen LogP contribution in [0.15, 0.2) is 42.7 Å². The Hall–Kier alpha value is -1.74. The smallest absolute Gasteiger partial charge is 0.0605 e. The first kappa shape index (κ1) is 12.3. The molecule has 0 bridgehead atoms. The molecule has 3 nitrogen and oxygen atoms in total. The molecule has 0 fully saturated rings. The molecule has 2 unspecified atom stereocenters. The second kappa shape index (κ2) is 5.49. The number of aromatic nitrogens is 2. The van der Waals surface area contributed by atoms with E-state index in [4.69, 9.17) is 0 Å². The summed E-state index contributed by atoms with van der Waals surface area (Å²) in [6.45, 7) is 2.17. The van der Waals surface area contributed by atoms with Crippen molar-refractivity contribution in [2.24, 2.45) is 0 Å². The third-order valence-corrected chi connectivity index (χ3v) is 3.78. The van der Waals surface area contributed by atoms with Gasteiger partial charge in [0.1, 0.15) is 0 Å². The van der Waals surface area contributed by atoms with E-state index in [1.165, 1.54) is 17.7 Å². The number of rotatable bonds is 3. The van der Waals surface area contributed by atoms with Crippen molar-refractivity contribution >= 4 is 0 Å². The Morgan fingerprint density at radius 1 is 1.16 bits per heavy atom. The number of hydrogen-bond acceptors (Lipinski definition) is 3. The average Bonchev–Trinajstić information content (AvgIpc) is 2.48. The van der Waals surface area contributed by atoms with Crippen LogP contribution in [0.5, 0.6) is 0 Å². The Morgan fingerprint density at radius 3 is 2.89 bits per heavy atom. The van der Waals surface area contributed by atoms with Gasteiger partial charge in [-0.05, 0) is 49.9 Å². The van der Waals surface area contributed by atoms with E-state index in [1.807, 2.05) is 30.6 Å². The van der Waals surface area contributed by atoms with E-state index in [0.717, 1.165) is 18.5 Å². The van der Waals surface area contributed by atoms with Crippen LogP contribution < -0.4 is 5.32 Å². The minimum Gasteiger partial charge on any atom is -0.301 e. The summed E-state index contributed by atoms with van der Waals surface area (Å²) in [6, 6.07) is 10.9. The summed E-state index contributed by atoms with van der Waals surface area (Å²) in [5.74, 6) is 0. The standard InChI is InChI=1S/C16H19N3/c1-12(14-8-2-3-10-17-14)19-15-9-4-6-13-7-5-11-18-16(13)15/h2-3,5,7-8,10-12,15,19H,4,6,9H2,1H3. The molecule has 0 aromatic carbocycles. The SMILES string of the molecule is CC(NC1CCCc2cccnc21)c1ccccn1. The zero-order valence-corrected chi connectivity index (χ0v) is 11.2. The minimum atomic E-state index is 0.249. The summed E-state index contributed by atoms with van der Waals surface area (Å²) in [5, 5.41) is 3.67. The Morgan fingerprint density at radius 2 is 2.05 bits per heavy atom. The summed E-state index contributed by atoms with van der Waals surface area (Å²) in [5.41, 5.74) is 3.70. The van der Waals surface area contributed by atoms with Crippen LogP contribution in [0.25, 0.3) is 0 Å². The lowest BCUT2D eigenvalue weighted by Crippen LogP contribution is -2.29. The number of nitrogens with zero attached hydrogens (tertiary/aromatic N) is 2. The maximum atomic E-state index is 4.56. The van der Waals surface area contributed by atoms with Crippen LogP contribution in [-0.2, 0) is 6.42 Å². The predicted molar refractivity (Wildman–Crippen MR) is 75.7 cm³/mol. The Kier molecular flexibility index (Phi) is 3.56. The van der Waals surface area contributed by atoms with E-state index < -0.39 is 0 Å². The van der Waals surface area contributed by atoms with Gasteiger partial charge >= 0.3 is 0 Å². The van der Waals surface area contributed by atoms with Gasteiger partial charge in [-0.3, -0.25) is 9.97 Å². The quantitative estimate of drug-likeness (QED) is 0.912. The second-order valence-electron chi connectivity index (χ2n) is 5.14. The molecule has 0 aliphatic heterocycles. The molecule has 0 saturated carbocycles. The van der Waals surface area contributed by atoms with Crippen molar-refractivity contribution in [2.45, 2.75) is 38.3 Å². The van der Waals surface area contributed by atoms with Crippen molar-refractivity contribution in [1.82, 2.24) is 15.3 Å². The van der Waals surface area contributed by atoms with E-state index >= 15 is 0 Å². The van der Waals surface area contributed by atoms with Gasteiger partial charge in [-0.1, -0.05) is 12.1 Å². The molecule has 2 aromatic rings. The highest BCUT2D eigenvalue weighted by Crippen LogP contribution is 2.29. The van der Waals surface area contributed by atoms with Gasteiger partial charge < -0.3 is 5.32 Å². The Bertz CT molecular complexity index is 539. The molecule has 3 heteroatoms. The van der Waals surface area contributed by atoms with Crippen LogP contribution in [0.2, 0.25) is 0 Å². The Balaban J connectivity index is 1.78. The topological polar surface area (TPSA) is 37.8 Å². The molecule has 19 heavy (non-hydrogen) atoms. The summed E-state index contributed by atoms with van der Waals surface area (Å²) in [6.07, 6.45) is 7.27. The van der Waals surface area contributed by atoms with Crippen molar-refractivity contribution < 1.29 is 0 Å². The van der Waals surface area contributed by atoms with Gasteiger partial charge in [0.15, 0.2) is 0 Å². The number of aryl methyl sites for hydroxylation is 1. The lowest BCUT2D eigenvalue weighted by Gasteiger charge is -2.28. The maximum absolute atomic E-state index is 4.56. The van der Waals surface area contributed by atoms with Gasteiger partial charge in [-0.2, -0.15) is 0 Å². The lowest BCUT2D eigenvalue weighted by atomic mass is 9.91. The molecule has 1 aliphatic carbocycles. The highest BCUT2D eigenvalue weighted by atomic mass is 15.0. The molecule has 2 heterocycles. The van der Waals surface area contributed by atoms with Crippen molar-refractivity contribution in [1.29, 1.82) is 0 Å². The van der Waals surface area contributed by atoms with Crippen molar-refractivity contribution in [2.75, 3.05) is 0 Å². The molecule has 98 valence electrons. The summed E-state index contributed by atoms with van der Waals surface area (Å²) >= 11 is 0. The molecular formula is C16H19N3. The molecule has 0 amide bonds. The van der Waals surface area contributed by atoms with E-state index in [1.54, 1.807) is 0 Å². The number of fused-ring (bicyclic) bond motifs is 1. The van der Waals surface area contributed by atoms with Gasteiger partial charge in [-0.25, -0.2) is 0 Å². The normalized spacial score (nSPS) is 19.7. The average molecular weight is 253 g/mol. The van der Waals surface area contributed by atoms with E-state index in [9.17, 15) is 0 Å². The van der Waals surface area contributed by atoms with Crippen LogP contribution in [-0.4, -0.2) is 9.97 Å². The summed E-state index contributed by atoms with van der Waals surface area (Å²) in [7, 11) is 0. The highest BCUT2D eigenvalue weighted by molar-refractivity contribution is 5.25. The van der Waals surface area contributed by atoms with Crippen LogP contribution in [0.4, 0.5) is 0 Å². The Labute approximate surface area is 114 Å². The molecule has 0 spiro atoms. The van der Waals surface area contributed by atoms with E-state index in [0.29, 0.717) is 6.04 Å². The molecule has 2 aromatic heterocycles. The van der Waals surface area contributed by atoms with E-state index in [-0.39, 0.29) is 6.04 Å². The zero-order chi connectivity index (χ0) is 13.1. The maximum Gasteiger partial charge on any atom is 0.0605 e. The van der Waals surface area contributed by atoms with Gasteiger partial charge in [0, 0.05) is 18.4 Å². The van der Waals surface area contributed by atoms with Crippen LogP contribution in [0, 0.1) is 0 Å². The lowest BCUT2D eigenvalue weighted by molar-refractivity contribution is 0.402. The fraction of sp³-hybridized carbons (Fsp3) is 0.375. The zero-order valence-electron chi connectivity index (χ0n) is 11.2. The monoisotopic (exact) mass is 253 g/mol. The third-order valence-electron chi connectivity index (χ3n) is 3.78. The van der Waals surface area contributed by atoms with Crippen LogP contribution in [0.1, 0.15) is 48.8 Å². The molecule has 3 rings (SSSR count). The molecule has 1 N–H and O–H groups in total. The fourth-order valence-electron chi connectivity index (χ4n) is 2.79. The molecular weight excluding hydrogens is 234 g/mol. The molecule has 0 saturated heterocycles. The number of hydrogen-bond donors (Lipinski definition) is 1. The van der Waals surface area contributed by atoms with Gasteiger partial charge in [0.05, 0.1) is 17.4 Å². The minimum absolute atomic E-state index is 0.249. The van der Waals surface area contributed by atoms with Gasteiger partial charge in [-0.15, -0.1) is 0 Å². The summed E-state index contributed by atoms with van der Waals surface area (Å²) in [4.78, 5) is 8.98. The van der Waals surface area contributed by atoms with Gasteiger partial charge in [0.2, 0.25) is 0 Å². The largest absolute Gasteiger partial charge is 0.301 e. The first-order valence-electron chi connectivity index (χ1n) is 6.95. The van der Waals surface area contributed by atoms with Crippen molar-refractivity contribution in [3.05, 3.63) is 59.7 Å². The predicted octanol–water partition coefficient (Wildman–Crippen LogP) is 3.20. The first-order chi connectivity index (χ1) is 9.34. The summed E-state index contributed by atoms with van der Waals surface area (Å²) < 4.78 is 0. The third kappa shape index (κ3) is 2.66. The van der Waals surface area contributed by atoms with E-state index in [2.05, 4.69) is 34.3 Å². The van der Waals surface area contributed by atoms with Crippen LogP contribution >= 0.6 is 0 Å². The molecule has 1 aliphatic rings. The number of pyridine rings is 2. The first-order valence-corrected chi connectivity index (χ1v) is 6.95. The molecule has 2 atom stereocenters. The van der Waals surface area contributed by atoms with Crippen LogP contribution in [0.3, 0.4) is 0 Å². The number of nitrogens with one attached hydrogen (secondary N) is 1. The highest BCUT2D eigenvalue weighted by Gasteiger charge is 2.23. The fourth-order valence-corrected chi connectivity index (χ4v) is 2.79. The van der Waals surface area contributed by atoms with Gasteiger partial charge in [0.25, 0.3) is 0 Å². The van der Waals surface area contributed by atoms with Crippen molar-refractivity contribution in [3.63, 3.8) is 0 Å². The second-order valence-corrected chi connectivity index (χ2v) is 5.14. The van der Waals surface area contributed by atoms with Crippen molar-refractivity contribution in [3.8, 4) is 0 Å². The molecule has 0 radical (unpaired) electrons.